The lowest BCUT2D eigenvalue weighted by Crippen LogP contribution is -2.26. The fourth-order valence-corrected chi connectivity index (χ4v) is 3.07. The Kier molecular flexibility index (Phi) is 6.77. The van der Waals surface area contributed by atoms with Crippen LogP contribution in [0.1, 0.15) is 35.7 Å². The van der Waals surface area contributed by atoms with Gasteiger partial charge in [-0.05, 0) is 55.7 Å². The molecule has 0 bridgehead atoms. The molecule has 2 aromatic rings. The molecule has 3 rings (SSSR count). The van der Waals surface area contributed by atoms with Crippen LogP contribution < -0.4 is 20.1 Å². The van der Waals surface area contributed by atoms with E-state index in [0.717, 1.165) is 12.8 Å². The monoisotopic (exact) mass is 414 g/mol. The van der Waals surface area contributed by atoms with Gasteiger partial charge in [-0.2, -0.15) is 0 Å². The first-order valence-corrected chi connectivity index (χ1v) is 9.79. The molecule has 152 valence electrons. The summed E-state index contributed by atoms with van der Waals surface area (Å²) in [7, 11) is 1.52. The molecular weight excluding hydrogens is 392 g/mol. The summed E-state index contributed by atoms with van der Waals surface area (Å²) in [6.07, 6.45) is 4.99. The molecule has 0 radical (unpaired) electrons. The molecule has 1 saturated carbocycles. The van der Waals surface area contributed by atoms with E-state index in [1.165, 1.54) is 13.2 Å². The quantitative estimate of drug-likeness (QED) is 0.632. The van der Waals surface area contributed by atoms with Gasteiger partial charge in [-0.3, -0.25) is 9.59 Å². The van der Waals surface area contributed by atoms with Gasteiger partial charge in [0.2, 0.25) is 5.91 Å². The second-order valence-electron chi connectivity index (χ2n) is 6.58. The second-order valence-corrected chi connectivity index (χ2v) is 6.99. The first-order valence-electron chi connectivity index (χ1n) is 9.41. The van der Waals surface area contributed by atoms with Gasteiger partial charge in [-0.15, -0.1) is 0 Å². The fraction of sp³-hybridized carbons (Fsp3) is 0.273. The Morgan fingerprint density at radius 3 is 2.69 bits per heavy atom. The van der Waals surface area contributed by atoms with Gasteiger partial charge in [0, 0.05) is 12.1 Å². The average molecular weight is 415 g/mol. The van der Waals surface area contributed by atoms with E-state index in [-0.39, 0.29) is 17.9 Å². The van der Waals surface area contributed by atoms with E-state index in [0.29, 0.717) is 39.9 Å². The summed E-state index contributed by atoms with van der Waals surface area (Å²) in [6, 6.07) is 10.6. The van der Waals surface area contributed by atoms with Crippen LogP contribution in [0.15, 0.2) is 42.5 Å². The molecule has 0 atom stereocenters. The van der Waals surface area contributed by atoms with E-state index in [1.807, 2.05) is 6.92 Å². The minimum atomic E-state index is -0.360. The lowest BCUT2D eigenvalue weighted by molar-refractivity contribution is -0.111. The van der Waals surface area contributed by atoms with Crippen molar-refractivity contribution in [3.63, 3.8) is 0 Å². The van der Waals surface area contributed by atoms with E-state index in [9.17, 15) is 9.59 Å². The molecule has 6 nitrogen and oxygen atoms in total. The van der Waals surface area contributed by atoms with E-state index >= 15 is 0 Å². The molecule has 2 aromatic carbocycles. The van der Waals surface area contributed by atoms with Gasteiger partial charge >= 0.3 is 0 Å². The van der Waals surface area contributed by atoms with Gasteiger partial charge in [0.1, 0.15) is 0 Å². The molecule has 0 aliphatic heterocycles. The van der Waals surface area contributed by atoms with Gasteiger partial charge in [-0.1, -0.05) is 23.7 Å². The third-order valence-corrected chi connectivity index (χ3v) is 4.59. The lowest BCUT2D eigenvalue weighted by atomic mass is 10.1. The Hall–Kier alpha value is -2.99. The number of rotatable bonds is 8. The third-order valence-electron chi connectivity index (χ3n) is 4.31. The number of anilines is 1. The number of nitrogens with one attached hydrogen (secondary N) is 2. The van der Waals surface area contributed by atoms with Crippen molar-refractivity contribution in [2.75, 3.05) is 19.0 Å². The van der Waals surface area contributed by atoms with Crippen molar-refractivity contribution in [2.45, 2.75) is 25.8 Å². The highest BCUT2D eigenvalue weighted by atomic mass is 35.5. The molecule has 2 N–H and O–H groups in total. The lowest BCUT2D eigenvalue weighted by Gasteiger charge is -2.12. The molecule has 7 heteroatoms. The number of ether oxygens (including phenoxy) is 2. The van der Waals surface area contributed by atoms with Crippen LogP contribution >= 0.6 is 11.6 Å². The van der Waals surface area contributed by atoms with Crippen LogP contribution in [0.25, 0.3) is 6.08 Å². The molecule has 0 unspecified atom stereocenters. The van der Waals surface area contributed by atoms with Gasteiger partial charge in [0.25, 0.3) is 5.91 Å². The van der Waals surface area contributed by atoms with Gasteiger partial charge < -0.3 is 20.1 Å². The number of benzene rings is 2. The van der Waals surface area contributed by atoms with Crippen molar-refractivity contribution >= 4 is 35.2 Å². The van der Waals surface area contributed by atoms with Crippen LogP contribution in [0.5, 0.6) is 11.5 Å². The second kappa shape index (κ2) is 9.47. The summed E-state index contributed by atoms with van der Waals surface area (Å²) < 4.78 is 10.8. The number of halogens is 1. The average Bonchev–Trinajstić information content (AvgIpc) is 3.51. The zero-order chi connectivity index (χ0) is 20.8. The Morgan fingerprint density at radius 2 is 2.00 bits per heavy atom. The van der Waals surface area contributed by atoms with Crippen molar-refractivity contribution in [2.24, 2.45) is 0 Å². The summed E-state index contributed by atoms with van der Waals surface area (Å²) >= 11 is 6.23. The van der Waals surface area contributed by atoms with E-state index in [1.54, 1.807) is 42.5 Å². The Bertz CT molecular complexity index is 938. The van der Waals surface area contributed by atoms with E-state index < -0.39 is 0 Å². The number of hydrogen-bond donors (Lipinski definition) is 2. The first-order chi connectivity index (χ1) is 14.0. The molecule has 29 heavy (non-hydrogen) atoms. The minimum absolute atomic E-state index is 0.185. The maximum atomic E-state index is 12.4. The van der Waals surface area contributed by atoms with Crippen LogP contribution in [0.2, 0.25) is 5.02 Å². The number of methoxy groups -OCH3 is 1. The van der Waals surface area contributed by atoms with Crippen LogP contribution in [0, 0.1) is 0 Å². The summed E-state index contributed by atoms with van der Waals surface area (Å²) in [5, 5.41) is 6.07. The Morgan fingerprint density at radius 1 is 1.24 bits per heavy atom. The maximum absolute atomic E-state index is 12.4. The molecule has 0 aromatic heterocycles. The number of amides is 2. The molecule has 1 fully saturated rings. The van der Waals surface area contributed by atoms with Crippen LogP contribution in [0.3, 0.4) is 0 Å². The molecule has 0 saturated heterocycles. The number of hydrogen-bond acceptors (Lipinski definition) is 4. The SMILES string of the molecule is CCOc1cc(/C=C/C(=O)Nc2ccccc2C(=O)NC2CC2)cc(Cl)c1OC. The van der Waals surface area contributed by atoms with E-state index in [2.05, 4.69) is 10.6 Å². The highest BCUT2D eigenvalue weighted by Crippen LogP contribution is 2.36. The van der Waals surface area contributed by atoms with Crippen LogP contribution in [0.4, 0.5) is 5.69 Å². The molecule has 1 aliphatic carbocycles. The third kappa shape index (κ3) is 5.51. The Labute approximate surface area is 174 Å². The van der Waals surface area contributed by atoms with Crippen molar-refractivity contribution in [1.29, 1.82) is 0 Å². The zero-order valence-electron chi connectivity index (χ0n) is 16.3. The van der Waals surface area contributed by atoms with Crippen molar-refractivity contribution in [3.8, 4) is 11.5 Å². The highest BCUT2D eigenvalue weighted by molar-refractivity contribution is 6.32. The maximum Gasteiger partial charge on any atom is 0.253 e. The van der Waals surface area contributed by atoms with Crippen molar-refractivity contribution in [3.05, 3.63) is 58.6 Å². The molecule has 2 amide bonds. The molecule has 1 aliphatic rings. The number of carbonyl (C=O) groups is 2. The topological polar surface area (TPSA) is 76.7 Å². The summed E-state index contributed by atoms with van der Waals surface area (Å²) in [6.45, 7) is 2.32. The number of para-hydroxylation sites is 1. The Balaban J connectivity index is 1.73. The zero-order valence-corrected chi connectivity index (χ0v) is 17.1. The number of carbonyl (C=O) groups excluding carboxylic acids is 2. The van der Waals surface area contributed by atoms with Crippen molar-refractivity contribution < 1.29 is 19.1 Å². The first kappa shape index (κ1) is 20.7. The molecule has 0 heterocycles. The highest BCUT2D eigenvalue weighted by Gasteiger charge is 2.24. The van der Waals surface area contributed by atoms with E-state index in [4.69, 9.17) is 21.1 Å². The largest absolute Gasteiger partial charge is 0.491 e. The van der Waals surface area contributed by atoms with Crippen LogP contribution in [-0.4, -0.2) is 31.6 Å². The minimum Gasteiger partial charge on any atom is -0.491 e. The summed E-state index contributed by atoms with van der Waals surface area (Å²) in [4.78, 5) is 24.7. The molecule has 0 spiro atoms. The standard InChI is InChI=1S/C22H23ClN2O4/c1-3-29-19-13-14(12-17(23)21(19)28-2)8-11-20(26)25-18-7-5-4-6-16(18)22(27)24-15-9-10-15/h4-8,11-13,15H,3,9-10H2,1-2H3,(H,24,27)(H,25,26)/b11-8+. The van der Waals surface area contributed by atoms with Gasteiger partial charge in [0.15, 0.2) is 11.5 Å². The predicted molar refractivity (Wildman–Crippen MR) is 114 cm³/mol. The predicted octanol–water partition coefficient (Wildman–Crippen LogP) is 4.29. The normalized spacial score (nSPS) is 13.2. The molecular formula is C22H23ClN2O4. The van der Waals surface area contributed by atoms with Gasteiger partial charge in [0.05, 0.1) is 30.0 Å². The van der Waals surface area contributed by atoms with Crippen molar-refractivity contribution in [1.82, 2.24) is 5.32 Å². The summed E-state index contributed by atoms with van der Waals surface area (Å²) in [5.41, 5.74) is 1.59. The summed E-state index contributed by atoms with van der Waals surface area (Å²) in [5.74, 6) is 0.410. The fourth-order valence-electron chi connectivity index (χ4n) is 2.77. The van der Waals surface area contributed by atoms with Crippen LogP contribution in [-0.2, 0) is 4.79 Å². The van der Waals surface area contributed by atoms with Gasteiger partial charge in [-0.25, -0.2) is 0 Å². The smallest absolute Gasteiger partial charge is 0.253 e.